The quantitative estimate of drug-likeness (QED) is 0.889. The predicted molar refractivity (Wildman–Crippen MR) is 105 cm³/mol. The lowest BCUT2D eigenvalue weighted by Crippen LogP contribution is -2.49. The van der Waals surface area contributed by atoms with Crippen molar-refractivity contribution in [3.8, 4) is 0 Å². The summed E-state index contributed by atoms with van der Waals surface area (Å²) in [5.74, 6) is -0.0485. The van der Waals surface area contributed by atoms with E-state index in [4.69, 9.17) is 0 Å². The smallest absolute Gasteiger partial charge is 0.321 e. The van der Waals surface area contributed by atoms with Gasteiger partial charge in [-0.05, 0) is 49.9 Å². The first kappa shape index (κ1) is 17.5. The minimum absolute atomic E-state index is 0.112. The second kappa shape index (κ2) is 7.78. The summed E-state index contributed by atoms with van der Waals surface area (Å²) in [6, 6.07) is 13.1. The second-order valence-corrected chi connectivity index (χ2v) is 7.14. The van der Waals surface area contributed by atoms with Crippen LogP contribution < -0.4 is 10.2 Å². The number of nitrogens with zero attached hydrogens (tertiary/aromatic N) is 3. The fraction of sp³-hybridized carbons (Fsp3) is 0.381. The van der Waals surface area contributed by atoms with Gasteiger partial charge in [-0.2, -0.15) is 0 Å². The summed E-state index contributed by atoms with van der Waals surface area (Å²) >= 11 is 0. The molecule has 27 heavy (non-hydrogen) atoms. The monoisotopic (exact) mass is 364 g/mol. The van der Waals surface area contributed by atoms with Crippen LogP contribution in [0, 0.1) is 5.92 Å². The number of anilines is 2. The van der Waals surface area contributed by atoms with E-state index in [1.807, 2.05) is 47.4 Å². The van der Waals surface area contributed by atoms with Gasteiger partial charge in [0.15, 0.2) is 0 Å². The summed E-state index contributed by atoms with van der Waals surface area (Å²) in [5.41, 5.74) is 2.69. The number of pyridine rings is 1. The fourth-order valence-corrected chi connectivity index (χ4v) is 3.93. The maximum absolute atomic E-state index is 13.2. The van der Waals surface area contributed by atoms with E-state index in [0.717, 1.165) is 49.3 Å². The number of para-hydroxylation sites is 1. The number of aromatic nitrogens is 1. The number of likely N-dealkylation sites (tertiary alicyclic amines) is 1. The Labute approximate surface area is 159 Å². The van der Waals surface area contributed by atoms with Gasteiger partial charge in [-0.15, -0.1) is 0 Å². The van der Waals surface area contributed by atoms with Crippen LogP contribution in [0.1, 0.15) is 25.0 Å². The molecule has 2 aliphatic rings. The number of piperidine rings is 1. The molecule has 0 bridgehead atoms. The highest BCUT2D eigenvalue weighted by atomic mass is 16.2. The Morgan fingerprint density at radius 3 is 2.74 bits per heavy atom. The van der Waals surface area contributed by atoms with Crippen molar-refractivity contribution in [2.45, 2.75) is 25.7 Å². The van der Waals surface area contributed by atoms with Crippen LogP contribution in [0.25, 0.3) is 0 Å². The maximum Gasteiger partial charge on any atom is 0.321 e. The van der Waals surface area contributed by atoms with Crippen molar-refractivity contribution in [3.63, 3.8) is 0 Å². The molecule has 1 fully saturated rings. The Kier molecular flexibility index (Phi) is 5.05. The van der Waals surface area contributed by atoms with Gasteiger partial charge in [-0.1, -0.05) is 18.2 Å². The minimum Gasteiger partial charge on any atom is -0.324 e. The number of rotatable bonds is 2. The van der Waals surface area contributed by atoms with Gasteiger partial charge in [-0.25, -0.2) is 4.79 Å². The molecule has 1 aromatic carbocycles. The van der Waals surface area contributed by atoms with Crippen LogP contribution in [-0.2, 0) is 11.2 Å². The van der Waals surface area contributed by atoms with Crippen molar-refractivity contribution in [3.05, 3.63) is 54.4 Å². The van der Waals surface area contributed by atoms with Crippen molar-refractivity contribution in [1.82, 2.24) is 9.88 Å². The molecule has 1 saturated heterocycles. The maximum atomic E-state index is 13.2. The van der Waals surface area contributed by atoms with Gasteiger partial charge in [0.2, 0.25) is 5.91 Å². The number of carbonyl (C=O) groups excluding carboxylic acids is 2. The molecule has 1 N–H and O–H groups in total. The molecule has 3 amide bonds. The molecule has 2 aliphatic heterocycles. The summed E-state index contributed by atoms with van der Waals surface area (Å²) in [5, 5.41) is 2.92. The van der Waals surface area contributed by atoms with Crippen LogP contribution in [0.4, 0.5) is 16.2 Å². The van der Waals surface area contributed by atoms with Crippen molar-refractivity contribution in [2.75, 3.05) is 29.9 Å². The van der Waals surface area contributed by atoms with E-state index in [1.54, 1.807) is 11.1 Å². The van der Waals surface area contributed by atoms with Crippen LogP contribution in [-0.4, -0.2) is 41.5 Å². The summed E-state index contributed by atoms with van der Waals surface area (Å²) in [6.07, 6.45) is 5.28. The normalized spacial score (nSPS) is 19.3. The lowest BCUT2D eigenvalue weighted by Gasteiger charge is -2.36. The lowest BCUT2D eigenvalue weighted by molar-refractivity contribution is -0.123. The van der Waals surface area contributed by atoms with Crippen LogP contribution in [0.2, 0.25) is 0 Å². The highest BCUT2D eigenvalue weighted by molar-refractivity contribution is 5.97. The van der Waals surface area contributed by atoms with Crippen LogP contribution in [0.3, 0.4) is 0 Å². The standard InChI is InChI=1S/C21H24N4O2/c26-20(25-14-6-10-18-19(25)11-4-12-22-18)16-7-5-13-24(15-16)21(27)23-17-8-2-1-3-9-17/h1-4,8-9,11-12,16H,5-7,10,13-15H2,(H,23,27). The van der Waals surface area contributed by atoms with Crippen molar-refractivity contribution >= 4 is 23.3 Å². The van der Waals surface area contributed by atoms with Crippen LogP contribution in [0.5, 0.6) is 0 Å². The Balaban J connectivity index is 1.44. The summed E-state index contributed by atoms with van der Waals surface area (Å²) in [6.45, 7) is 1.87. The molecule has 2 aromatic rings. The number of fused-ring (bicyclic) bond motifs is 1. The predicted octanol–water partition coefficient (Wildman–Crippen LogP) is 3.30. The fourth-order valence-electron chi connectivity index (χ4n) is 3.93. The van der Waals surface area contributed by atoms with E-state index < -0.39 is 0 Å². The van der Waals surface area contributed by atoms with E-state index in [2.05, 4.69) is 10.3 Å². The van der Waals surface area contributed by atoms with E-state index in [-0.39, 0.29) is 17.9 Å². The number of amides is 3. The average molecular weight is 364 g/mol. The van der Waals surface area contributed by atoms with E-state index in [9.17, 15) is 9.59 Å². The Bertz CT molecular complexity index is 824. The summed E-state index contributed by atoms with van der Waals surface area (Å²) in [7, 11) is 0. The third-order valence-electron chi connectivity index (χ3n) is 5.30. The van der Waals surface area contributed by atoms with E-state index in [0.29, 0.717) is 13.1 Å². The second-order valence-electron chi connectivity index (χ2n) is 7.14. The third-order valence-corrected chi connectivity index (χ3v) is 5.30. The first-order chi connectivity index (χ1) is 13.2. The first-order valence-electron chi connectivity index (χ1n) is 9.58. The van der Waals surface area contributed by atoms with Crippen LogP contribution >= 0.6 is 0 Å². The van der Waals surface area contributed by atoms with E-state index >= 15 is 0 Å². The minimum atomic E-state index is -0.161. The molecule has 0 spiro atoms. The number of benzene rings is 1. The van der Waals surface area contributed by atoms with Crippen LogP contribution in [0.15, 0.2) is 48.7 Å². The Morgan fingerprint density at radius 2 is 1.89 bits per heavy atom. The zero-order valence-corrected chi connectivity index (χ0v) is 15.3. The topological polar surface area (TPSA) is 65.5 Å². The first-order valence-corrected chi connectivity index (χ1v) is 9.58. The molecule has 0 saturated carbocycles. The van der Waals surface area contributed by atoms with Crippen molar-refractivity contribution in [2.24, 2.45) is 5.92 Å². The molecule has 3 heterocycles. The zero-order chi connectivity index (χ0) is 18.6. The number of hydrogen-bond acceptors (Lipinski definition) is 3. The number of hydrogen-bond donors (Lipinski definition) is 1. The van der Waals surface area contributed by atoms with Gasteiger partial charge in [-0.3, -0.25) is 9.78 Å². The SMILES string of the molecule is O=C(Nc1ccccc1)N1CCCC(C(=O)N2CCCc3ncccc32)C1. The summed E-state index contributed by atoms with van der Waals surface area (Å²) < 4.78 is 0. The van der Waals surface area contributed by atoms with Gasteiger partial charge in [0.1, 0.15) is 0 Å². The van der Waals surface area contributed by atoms with Gasteiger partial charge in [0.25, 0.3) is 0 Å². The highest BCUT2D eigenvalue weighted by Gasteiger charge is 2.33. The molecule has 140 valence electrons. The number of carbonyl (C=O) groups is 2. The largest absolute Gasteiger partial charge is 0.324 e. The Morgan fingerprint density at radius 1 is 1.04 bits per heavy atom. The molecular weight excluding hydrogens is 340 g/mol. The molecule has 1 unspecified atom stereocenters. The number of nitrogens with one attached hydrogen (secondary N) is 1. The number of aryl methyl sites for hydroxylation is 1. The molecule has 4 rings (SSSR count). The van der Waals surface area contributed by atoms with Crippen molar-refractivity contribution in [1.29, 1.82) is 0 Å². The van der Waals surface area contributed by atoms with Gasteiger partial charge >= 0.3 is 6.03 Å². The molecular formula is C21H24N4O2. The van der Waals surface area contributed by atoms with Gasteiger partial charge < -0.3 is 15.1 Å². The molecule has 6 nitrogen and oxygen atoms in total. The van der Waals surface area contributed by atoms with Crippen molar-refractivity contribution < 1.29 is 9.59 Å². The molecule has 6 heteroatoms. The highest BCUT2D eigenvalue weighted by Crippen LogP contribution is 2.28. The number of urea groups is 1. The zero-order valence-electron chi connectivity index (χ0n) is 15.3. The average Bonchev–Trinajstić information content (AvgIpc) is 2.73. The molecule has 1 atom stereocenters. The molecule has 1 aromatic heterocycles. The Hall–Kier alpha value is -2.89. The molecule has 0 radical (unpaired) electrons. The van der Waals surface area contributed by atoms with Gasteiger partial charge in [0, 0.05) is 31.5 Å². The van der Waals surface area contributed by atoms with Gasteiger partial charge in [0.05, 0.1) is 17.3 Å². The van der Waals surface area contributed by atoms with E-state index in [1.165, 1.54) is 0 Å². The molecule has 0 aliphatic carbocycles. The summed E-state index contributed by atoms with van der Waals surface area (Å²) in [4.78, 5) is 33.8. The lowest BCUT2D eigenvalue weighted by atomic mass is 9.95. The third kappa shape index (κ3) is 3.79.